The number of aryl methyl sites for hydroxylation is 1. The van der Waals surface area contributed by atoms with Gasteiger partial charge in [-0.25, -0.2) is 0 Å². The van der Waals surface area contributed by atoms with Crippen molar-refractivity contribution in [3.63, 3.8) is 0 Å². The van der Waals surface area contributed by atoms with E-state index in [9.17, 15) is 9.59 Å². The molecule has 1 saturated heterocycles. The number of hydrogen-bond acceptors (Lipinski definition) is 4. The predicted octanol–water partition coefficient (Wildman–Crippen LogP) is 5.62. The summed E-state index contributed by atoms with van der Waals surface area (Å²) in [6.45, 7) is 13.9. The van der Waals surface area contributed by atoms with Crippen LogP contribution in [0.2, 0.25) is 0 Å². The van der Waals surface area contributed by atoms with Crippen molar-refractivity contribution in [3.8, 4) is 0 Å². The van der Waals surface area contributed by atoms with Crippen molar-refractivity contribution in [1.82, 2.24) is 14.4 Å². The molecule has 1 atom stereocenters. The van der Waals surface area contributed by atoms with Gasteiger partial charge in [0.15, 0.2) is 0 Å². The van der Waals surface area contributed by atoms with Gasteiger partial charge in [0.25, 0.3) is 11.7 Å². The quantitative estimate of drug-likeness (QED) is 0.300. The average molecular weight is 490 g/mol. The maximum atomic E-state index is 12.6. The van der Waals surface area contributed by atoms with Crippen molar-refractivity contribution < 1.29 is 14.3 Å². The lowest BCUT2D eigenvalue weighted by Crippen LogP contribution is -2.42. The number of fused-ring (bicyclic) bond motifs is 1. The maximum absolute atomic E-state index is 12.6. The maximum Gasteiger partial charge on any atom is 0.295 e. The minimum atomic E-state index is -0.422. The Morgan fingerprint density at radius 2 is 1.88 bits per heavy atom. The zero-order valence-corrected chi connectivity index (χ0v) is 22.5. The van der Waals surface area contributed by atoms with Crippen molar-refractivity contribution >= 4 is 34.2 Å². The molecule has 1 unspecified atom stereocenters. The fourth-order valence-electron chi connectivity index (χ4n) is 3.50. The van der Waals surface area contributed by atoms with Gasteiger partial charge < -0.3 is 19.1 Å². The van der Waals surface area contributed by atoms with E-state index in [1.807, 2.05) is 76.7 Å². The standard InChI is InChI=1S/C17H21N3O2.C6H12O.C4H7Cl/c1-18-9-8-12(10-18)20(3)17(22)16(21)14-11-19(2)15-7-5-4-6-13(14)15;1-4-6(3)7-5-2;1-3-4(2)5/h4-7,11-12H,8-10H2,1-3H3;3-5H2,1-2H3;3H,1-2H3/b;;4-3+. The second kappa shape index (κ2) is 14.6. The topological polar surface area (TPSA) is 54.8 Å². The van der Waals surface area contributed by atoms with Crippen LogP contribution < -0.4 is 0 Å². The van der Waals surface area contributed by atoms with E-state index >= 15 is 0 Å². The molecule has 7 heteroatoms. The fraction of sp³-hybridized carbons (Fsp3) is 0.481. The number of likely N-dealkylation sites (tertiary alicyclic amines) is 1. The predicted molar refractivity (Wildman–Crippen MR) is 142 cm³/mol. The zero-order chi connectivity index (χ0) is 25.8. The van der Waals surface area contributed by atoms with Gasteiger partial charge in [0, 0.05) is 55.2 Å². The molecule has 0 spiro atoms. The molecular formula is C27H40ClN3O3. The third-order valence-corrected chi connectivity index (χ3v) is 5.93. The fourth-order valence-corrected chi connectivity index (χ4v) is 3.50. The van der Waals surface area contributed by atoms with E-state index in [0.717, 1.165) is 54.2 Å². The van der Waals surface area contributed by atoms with Crippen LogP contribution in [0.5, 0.6) is 0 Å². The average Bonchev–Trinajstić information content (AvgIpc) is 3.42. The smallest absolute Gasteiger partial charge is 0.295 e. The number of aromatic nitrogens is 1. The second-order valence-electron chi connectivity index (χ2n) is 8.32. The molecule has 188 valence electrons. The number of para-hydroxylation sites is 1. The third kappa shape index (κ3) is 8.65. The molecule has 34 heavy (non-hydrogen) atoms. The summed E-state index contributed by atoms with van der Waals surface area (Å²) in [5, 5.41) is 1.69. The Morgan fingerprint density at radius 1 is 1.26 bits per heavy atom. The molecule has 0 radical (unpaired) electrons. The van der Waals surface area contributed by atoms with Crippen LogP contribution in [0.4, 0.5) is 0 Å². The van der Waals surface area contributed by atoms with Gasteiger partial charge in [0.1, 0.15) is 0 Å². The highest BCUT2D eigenvalue weighted by Crippen LogP contribution is 2.22. The first-order valence-electron chi connectivity index (χ1n) is 11.7. The summed E-state index contributed by atoms with van der Waals surface area (Å²) >= 11 is 5.32. The number of ketones is 1. The normalized spacial score (nSPS) is 15.6. The molecule has 1 amide bonds. The summed E-state index contributed by atoms with van der Waals surface area (Å²) in [7, 11) is 5.65. The molecule has 0 saturated carbocycles. The highest BCUT2D eigenvalue weighted by Gasteiger charge is 2.31. The zero-order valence-electron chi connectivity index (χ0n) is 21.7. The molecule has 0 aliphatic carbocycles. The van der Waals surface area contributed by atoms with E-state index in [-0.39, 0.29) is 6.04 Å². The number of Topliss-reactive ketones (excluding diaryl/α,β-unsaturated/α-hetero) is 1. The van der Waals surface area contributed by atoms with Crippen LogP contribution in [0.3, 0.4) is 0 Å². The first-order chi connectivity index (χ1) is 16.1. The molecule has 2 aromatic rings. The summed E-state index contributed by atoms with van der Waals surface area (Å²) in [5.74, 6) is 0.0352. The van der Waals surface area contributed by atoms with Crippen LogP contribution in [0.25, 0.3) is 10.9 Å². The van der Waals surface area contributed by atoms with Crippen LogP contribution in [0.1, 0.15) is 50.9 Å². The Hall–Kier alpha value is -2.57. The Morgan fingerprint density at radius 3 is 2.35 bits per heavy atom. The minimum absolute atomic E-state index is 0.122. The molecule has 1 aromatic heterocycles. The van der Waals surface area contributed by atoms with E-state index in [4.69, 9.17) is 16.3 Å². The summed E-state index contributed by atoms with van der Waals surface area (Å²) in [5.41, 5.74) is 1.45. The summed E-state index contributed by atoms with van der Waals surface area (Å²) in [4.78, 5) is 29.0. The molecule has 2 heterocycles. The number of amides is 1. The lowest BCUT2D eigenvalue weighted by atomic mass is 10.1. The number of benzene rings is 1. The van der Waals surface area contributed by atoms with Crippen LogP contribution in [0.15, 0.2) is 53.9 Å². The molecule has 3 rings (SSSR count). The first kappa shape index (κ1) is 29.5. The Bertz CT molecular complexity index is 992. The lowest BCUT2D eigenvalue weighted by molar-refractivity contribution is -0.126. The van der Waals surface area contributed by atoms with E-state index in [1.165, 1.54) is 0 Å². The van der Waals surface area contributed by atoms with Gasteiger partial charge in [-0.15, -0.1) is 0 Å². The molecule has 1 aliphatic rings. The summed E-state index contributed by atoms with van der Waals surface area (Å²) in [6, 6.07) is 7.78. The molecule has 6 nitrogen and oxygen atoms in total. The van der Waals surface area contributed by atoms with Crippen LogP contribution in [0, 0.1) is 0 Å². The van der Waals surface area contributed by atoms with Crippen LogP contribution in [-0.2, 0) is 16.6 Å². The summed E-state index contributed by atoms with van der Waals surface area (Å²) in [6.07, 6.45) is 5.44. The van der Waals surface area contributed by atoms with Gasteiger partial charge in [-0.1, -0.05) is 49.4 Å². The van der Waals surface area contributed by atoms with Crippen molar-refractivity contribution in [3.05, 3.63) is 59.5 Å². The van der Waals surface area contributed by atoms with Gasteiger partial charge in [-0.2, -0.15) is 0 Å². The van der Waals surface area contributed by atoms with Gasteiger partial charge in [0.2, 0.25) is 0 Å². The SMILES string of the molecule is C/C=C(\C)Cl.C=C(CC)OCC.CN1CCC(N(C)C(=O)C(=O)c2cn(C)c3ccccc23)C1. The number of carbonyl (C=O) groups excluding carboxylic acids is 2. The van der Waals surface area contributed by atoms with Gasteiger partial charge in [-0.3, -0.25) is 9.59 Å². The van der Waals surface area contributed by atoms with Crippen LogP contribution >= 0.6 is 11.6 Å². The number of allylic oxidation sites excluding steroid dienone is 3. The molecule has 1 aromatic carbocycles. The van der Waals surface area contributed by atoms with Crippen LogP contribution in [-0.4, -0.2) is 65.9 Å². The molecule has 1 aliphatic heterocycles. The number of rotatable bonds is 6. The number of halogens is 1. The Kier molecular flexibility index (Phi) is 12.7. The van der Waals surface area contributed by atoms with Crippen molar-refractivity contribution in [2.75, 3.05) is 33.8 Å². The first-order valence-corrected chi connectivity index (χ1v) is 12.1. The number of ether oxygens (including phenoxy) is 1. The molecule has 0 N–H and O–H groups in total. The minimum Gasteiger partial charge on any atom is -0.499 e. The lowest BCUT2D eigenvalue weighted by Gasteiger charge is -2.23. The molecular weight excluding hydrogens is 450 g/mol. The number of hydrogen-bond donors (Lipinski definition) is 0. The number of nitrogens with zero attached hydrogens (tertiary/aromatic N) is 3. The largest absolute Gasteiger partial charge is 0.499 e. The van der Waals surface area contributed by atoms with Crippen molar-refractivity contribution in [2.24, 2.45) is 7.05 Å². The summed E-state index contributed by atoms with van der Waals surface area (Å²) < 4.78 is 6.88. The molecule has 0 bridgehead atoms. The number of carbonyl (C=O) groups is 2. The second-order valence-corrected chi connectivity index (χ2v) is 8.92. The van der Waals surface area contributed by atoms with E-state index < -0.39 is 11.7 Å². The third-order valence-electron chi connectivity index (χ3n) is 5.71. The van der Waals surface area contributed by atoms with E-state index in [1.54, 1.807) is 18.1 Å². The van der Waals surface area contributed by atoms with Gasteiger partial charge >= 0.3 is 0 Å². The van der Waals surface area contributed by atoms with E-state index in [0.29, 0.717) is 5.56 Å². The Balaban J connectivity index is 0.000000401. The van der Waals surface area contributed by atoms with Gasteiger partial charge in [0.05, 0.1) is 17.9 Å². The Labute approximate surface area is 209 Å². The molecule has 1 fully saturated rings. The van der Waals surface area contributed by atoms with E-state index in [2.05, 4.69) is 11.5 Å². The monoisotopic (exact) mass is 489 g/mol. The highest BCUT2D eigenvalue weighted by atomic mass is 35.5. The highest BCUT2D eigenvalue weighted by molar-refractivity contribution is 6.44. The number of likely N-dealkylation sites (N-methyl/N-ethyl adjacent to an activating group) is 2. The van der Waals surface area contributed by atoms with Crippen molar-refractivity contribution in [1.29, 1.82) is 0 Å². The van der Waals surface area contributed by atoms with Gasteiger partial charge in [-0.05, 0) is 46.9 Å². The van der Waals surface area contributed by atoms with Crippen molar-refractivity contribution in [2.45, 2.75) is 46.6 Å².